The summed E-state index contributed by atoms with van der Waals surface area (Å²) in [4.78, 5) is 20.8. The van der Waals surface area contributed by atoms with Crippen LogP contribution in [0.3, 0.4) is 0 Å². The van der Waals surface area contributed by atoms with Crippen LogP contribution in [0.2, 0.25) is 0 Å². The lowest BCUT2D eigenvalue weighted by Gasteiger charge is -2.17. The molecule has 4 aromatic rings. The third-order valence-electron chi connectivity index (χ3n) is 4.35. The fourth-order valence-electron chi connectivity index (χ4n) is 2.34. The van der Waals surface area contributed by atoms with E-state index in [0.717, 1.165) is 11.1 Å². The van der Waals surface area contributed by atoms with Gasteiger partial charge in [0.25, 0.3) is 0 Å². The van der Waals surface area contributed by atoms with Crippen LogP contribution in [0.25, 0.3) is 23.2 Å². The van der Waals surface area contributed by atoms with Crippen LogP contribution in [0.15, 0.2) is 58.6 Å². The molecule has 0 saturated heterocycles. The lowest BCUT2D eigenvalue weighted by atomic mass is 9.89. The van der Waals surface area contributed by atoms with Gasteiger partial charge in [0, 0.05) is 30.9 Å². The highest BCUT2D eigenvalue weighted by Crippen LogP contribution is 2.23. The Balaban J connectivity index is 0.000000297. The molecule has 4 rings (SSSR count). The van der Waals surface area contributed by atoms with Crippen LogP contribution in [0.1, 0.15) is 80.4 Å². The Bertz CT molecular complexity index is 941. The molecule has 4 aromatic heterocycles. The Morgan fingerprint density at radius 2 is 1.06 bits per heavy atom. The van der Waals surface area contributed by atoms with Crippen LogP contribution in [0, 0.1) is 0 Å². The van der Waals surface area contributed by atoms with E-state index in [2.05, 4.69) is 71.6 Å². The van der Waals surface area contributed by atoms with Gasteiger partial charge in [0.1, 0.15) is 0 Å². The SMILES string of the molecule is CC.CC.CC(C)(C)c1cnc(-c2ccno2)nc1.CC(C)(C)c1cnc(-c2cnco2)nc1. The van der Waals surface area contributed by atoms with E-state index in [4.69, 9.17) is 8.94 Å². The highest BCUT2D eigenvalue weighted by Gasteiger charge is 2.16. The van der Waals surface area contributed by atoms with Gasteiger partial charge in [0.05, 0.1) is 12.4 Å². The first kappa shape index (κ1) is 28.6. The van der Waals surface area contributed by atoms with Crippen molar-refractivity contribution in [3.8, 4) is 23.2 Å². The second kappa shape index (κ2) is 13.3. The fraction of sp³-hybridized carbons (Fsp3) is 0.462. The van der Waals surface area contributed by atoms with Crippen molar-refractivity contribution in [2.45, 2.75) is 80.1 Å². The van der Waals surface area contributed by atoms with Gasteiger partial charge in [-0.1, -0.05) is 74.4 Å². The molecule has 0 aliphatic rings. The summed E-state index contributed by atoms with van der Waals surface area (Å²) in [6.07, 6.45) is 11.9. The average Bonchev–Trinajstić information content (AvgIpc) is 3.56. The Labute approximate surface area is 203 Å². The summed E-state index contributed by atoms with van der Waals surface area (Å²) in [6, 6.07) is 1.74. The van der Waals surface area contributed by atoms with Gasteiger partial charge in [-0.2, -0.15) is 0 Å². The second-order valence-corrected chi connectivity index (χ2v) is 8.83. The third-order valence-corrected chi connectivity index (χ3v) is 4.35. The normalized spacial score (nSPS) is 10.6. The smallest absolute Gasteiger partial charge is 0.204 e. The molecule has 8 heteroatoms. The molecule has 0 aliphatic heterocycles. The molecule has 0 aromatic carbocycles. The first-order chi connectivity index (χ1) is 16.1. The van der Waals surface area contributed by atoms with E-state index >= 15 is 0 Å². The van der Waals surface area contributed by atoms with Gasteiger partial charge in [-0.3, -0.25) is 0 Å². The zero-order chi connectivity index (χ0) is 25.8. The van der Waals surface area contributed by atoms with E-state index < -0.39 is 0 Å². The number of hydrogen-bond donors (Lipinski definition) is 0. The average molecular weight is 467 g/mol. The van der Waals surface area contributed by atoms with Crippen molar-refractivity contribution in [3.05, 3.63) is 60.8 Å². The van der Waals surface area contributed by atoms with E-state index in [1.807, 2.05) is 52.5 Å². The lowest BCUT2D eigenvalue weighted by Crippen LogP contribution is -2.12. The van der Waals surface area contributed by atoms with Crippen LogP contribution in [0.5, 0.6) is 0 Å². The van der Waals surface area contributed by atoms with Gasteiger partial charge in [-0.25, -0.2) is 24.9 Å². The predicted octanol–water partition coefficient (Wildman–Crippen LogP) is 6.91. The minimum absolute atomic E-state index is 0.0694. The van der Waals surface area contributed by atoms with E-state index in [1.165, 1.54) is 6.39 Å². The quantitative estimate of drug-likeness (QED) is 0.314. The lowest BCUT2D eigenvalue weighted by molar-refractivity contribution is 0.429. The summed E-state index contributed by atoms with van der Waals surface area (Å²) >= 11 is 0. The van der Waals surface area contributed by atoms with Gasteiger partial charge in [0.2, 0.25) is 5.76 Å². The molecule has 34 heavy (non-hydrogen) atoms. The van der Waals surface area contributed by atoms with Crippen LogP contribution in [0.4, 0.5) is 0 Å². The van der Waals surface area contributed by atoms with Crippen LogP contribution in [-0.4, -0.2) is 30.1 Å². The maximum atomic E-state index is 5.11. The first-order valence-electron chi connectivity index (χ1n) is 11.6. The van der Waals surface area contributed by atoms with E-state index in [0.29, 0.717) is 23.2 Å². The standard InChI is InChI=1S/2C11H13N3O.2C2H6/c1-11(2,3)8-4-13-10(14-5-8)9-6-12-7-15-9;1-11(2,3)8-6-12-10(13-7-8)9-4-5-14-15-9;2*1-2/h2*4-7H,1-3H3;2*1-2H3. The maximum absolute atomic E-state index is 5.11. The molecule has 0 fully saturated rings. The summed E-state index contributed by atoms with van der Waals surface area (Å²) in [6.45, 7) is 20.7. The Hall–Kier alpha value is -3.42. The largest absolute Gasteiger partial charge is 0.440 e. The van der Waals surface area contributed by atoms with Crippen molar-refractivity contribution in [1.82, 2.24) is 30.1 Å². The molecule has 0 amide bonds. The molecule has 0 bridgehead atoms. The zero-order valence-corrected chi connectivity index (χ0v) is 22.1. The van der Waals surface area contributed by atoms with Crippen LogP contribution < -0.4 is 0 Å². The highest BCUT2D eigenvalue weighted by molar-refractivity contribution is 5.45. The van der Waals surface area contributed by atoms with Gasteiger partial charge < -0.3 is 8.94 Å². The number of nitrogens with zero attached hydrogens (tertiary/aromatic N) is 6. The third kappa shape index (κ3) is 8.50. The van der Waals surface area contributed by atoms with Crippen molar-refractivity contribution >= 4 is 0 Å². The molecule has 0 radical (unpaired) electrons. The Morgan fingerprint density at radius 1 is 0.618 bits per heavy atom. The monoisotopic (exact) mass is 466 g/mol. The summed E-state index contributed by atoms with van der Waals surface area (Å²) in [5, 5.41) is 3.61. The van der Waals surface area contributed by atoms with E-state index in [9.17, 15) is 0 Å². The number of rotatable bonds is 2. The van der Waals surface area contributed by atoms with Gasteiger partial charge in [0.15, 0.2) is 23.8 Å². The number of oxazole rings is 1. The fourth-order valence-corrected chi connectivity index (χ4v) is 2.34. The van der Waals surface area contributed by atoms with Crippen molar-refractivity contribution < 1.29 is 8.94 Å². The van der Waals surface area contributed by atoms with Gasteiger partial charge in [-0.05, 0) is 22.0 Å². The maximum Gasteiger partial charge on any atom is 0.204 e. The summed E-state index contributed by atoms with van der Waals surface area (Å²) < 4.78 is 10.1. The van der Waals surface area contributed by atoms with Crippen molar-refractivity contribution in [3.63, 3.8) is 0 Å². The molecule has 184 valence electrons. The van der Waals surface area contributed by atoms with Gasteiger partial charge >= 0.3 is 0 Å². The molecule has 8 nitrogen and oxygen atoms in total. The van der Waals surface area contributed by atoms with Crippen LogP contribution >= 0.6 is 0 Å². The molecule has 4 heterocycles. The number of aromatic nitrogens is 6. The van der Waals surface area contributed by atoms with Gasteiger partial charge in [-0.15, -0.1) is 0 Å². The van der Waals surface area contributed by atoms with Crippen LogP contribution in [-0.2, 0) is 10.8 Å². The Morgan fingerprint density at radius 3 is 1.38 bits per heavy atom. The van der Waals surface area contributed by atoms with Crippen molar-refractivity contribution in [1.29, 1.82) is 0 Å². The summed E-state index contributed by atoms with van der Waals surface area (Å²) in [5.41, 5.74) is 2.34. The topological polar surface area (TPSA) is 104 Å². The molecule has 0 unspecified atom stereocenters. The van der Waals surface area contributed by atoms with E-state index in [1.54, 1.807) is 18.5 Å². The van der Waals surface area contributed by atoms with E-state index in [-0.39, 0.29) is 10.8 Å². The van der Waals surface area contributed by atoms with Crippen molar-refractivity contribution in [2.75, 3.05) is 0 Å². The molecular weight excluding hydrogens is 428 g/mol. The Kier molecular flexibility index (Phi) is 11.2. The molecule has 0 spiro atoms. The molecule has 0 atom stereocenters. The zero-order valence-electron chi connectivity index (χ0n) is 22.1. The second-order valence-electron chi connectivity index (χ2n) is 8.83. The molecule has 0 N–H and O–H groups in total. The van der Waals surface area contributed by atoms with Crippen molar-refractivity contribution in [2.24, 2.45) is 0 Å². The highest BCUT2D eigenvalue weighted by atomic mass is 16.5. The summed E-state index contributed by atoms with van der Waals surface area (Å²) in [7, 11) is 0. The predicted molar refractivity (Wildman–Crippen MR) is 135 cm³/mol. The minimum atomic E-state index is 0.0694. The molecule has 0 aliphatic carbocycles. The summed E-state index contributed by atoms with van der Waals surface area (Å²) in [5.74, 6) is 2.33. The molecule has 0 saturated carbocycles. The first-order valence-corrected chi connectivity index (χ1v) is 11.6. The minimum Gasteiger partial charge on any atom is -0.440 e. The molecular formula is C26H38N6O2. The number of hydrogen-bond acceptors (Lipinski definition) is 8.